The molecule has 0 spiro atoms. The number of rotatable bonds is 5. The van der Waals surface area contributed by atoms with Crippen molar-refractivity contribution in [2.24, 2.45) is 11.3 Å². The first-order chi connectivity index (χ1) is 12.7. The highest BCUT2D eigenvalue weighted by molar-refractivity contribution is 9.10. The van der Waals surface area contributed by atoms with Gasteiger partial charge in [-0.1, -0.05) is 36.7 Å². The minimum absolute atomic E-state index is 0.0331. The van der Waals surface area contributed by atoms with E-state index in [1.807, 2.05) is 49.9 Å². The smallest absolute Gasteiger partial charge is 0.227 e. The van der Waals surface area contributed by atoms with Gasteiger partial charge in [0.15, 0.2) is 0 Å². The van der Waals surface area contributed by atoms with Gasteiger partial charge in [0.05, 0.1) is 0 Å². The fourth-order valence-corrected chi connectivity index (χ4v) is 3.28. The summed E-state index contributed by atoms with van der Waals surface area (Å²) in [4.78, 5) is 38.4. The third-order valence-electron chi connectivity index (χ3n) is 4.57. The summed E-state index contributed by atoms with van der Waals surface area (Å²) in [7, 11) is 0. The number of hydrogen-bond acceptors (Lipinski definition) is 3. The number of piperidine rings is 1. The van der Waals surface area contributed by atoms with Crippen LogP contribution in [0.25, 0.3) is 0 Å². The Kier molecular flexibility index (Phi) is 7.41. The van der Waals surface area contributed by atoms with Crippen LogP contribution in [-0.4, -0.2) is 42.3 Å². The second kappa shape index (κ2) is 9.35. The van der Waals surface area contributed by atoms with Crippen molar-refractivity contribution in [3.63, 3.8) is 0 Å². The minimum Gasteiger partial charge on any atom is -0.355 e. The average molecular weight is 438 g/mol. The SMILES string of the molecule is CC(C)(C)C(=O)N1CCC(C(=O)NCCC(=O)Nc2ccc(Br)cc2)CC1. The highest BCUT2D eigenvalue weighted by Gasteiger charge is 2.32. The van der Waals surface area contributed by atoms with Crippen LogP contribution >= 0.6 is 15.9 Å². The van der Waals surface area contributed by atoms with Crippen molar-refractivity contribution in [1.29, 1.82) is 0 Å². The topological polar surface area (TPSA) is 78.5 Å². The van der Waals surface area contributed by atoms with E-state index in [4.69, 9.17) is 0 Å². The van der Waals surface area contributed by atoms with Gasteiger partial charge in [-0.05, 0) is 37.1 Å². The van der Waals surface area contributed by atoms with E-state index in [1.54, 1.807) is 0 Å². The van der Waals surface area contributed by atoms with E-state index < -0.39 is 5.41 Å². The molecule has 0 atom stereocenters. The molecule has 1 heterocycles. The predicted molar refractivity (Wildman–Crippen MR) is 109 cm³/mol. The van der Waals surface area contributed by atoms with Crippen LogP contribution < -0.4 is 10.6 Å². The van der Waals surface area contributed by atoms with Crippen molar-refractivity contribution in [1.82, 2.24) is 10.2 Å². The molecule has 1 aromatic carbocycles. The van der Waals surface area contributed by atoms with Gasteiger partial charge in [0.25, 0.3) is 0 Å². The Balaban J connectivity index is 1.68. The van der Waals surface area contributed by atoms with Gasteiger partial charge in [-0.15, -0.1) is 0 Å². The van der Waals surface area contributed by atoms with E-state index in [9.17, 15) is 14.4 Å². The third kappa shape index (κ3) is 6.65. The van der Waals surface area contributed by atoms with Crippen LogP contribution in [0.1, 0.15) is 40.0 Å². The molecule has 1 saturated heterocycles. The normalized spacial score (nSPS) is 15.3. The summed E-state index contributed by atoms with van der Waals surface area (Å²) < 4.78 is 0.947. The van der Waals surface area contributed by atoms with Crippen molar-refractivity contribution in [3.8, 4) is 0 Å². The second-order valence-corrected chi connectivity index (χ2v) is 8.83. The minimum atomic E-state index is -0.392. The molecule has 6 nitrogen and oxygen atoms in total. The lowest BCUT2D eigenvalue weighted by atomic mass is 9.90. The fraction of sp³-hybridized carbons (Fsp3) is 0.550. The highest BCUT2D eigenvalue weighted by Crippen LogP contribution is 2.23. The van der Waals surface area contributed by atoms with Gasteiger partial charge in [0, 0.05) is 47.5 Å². The Bertz CT molecular complexity index is 675. The van der Waals surface area contributed by atoms with E-state index in [0.717, 1.165) is 10.2 Å². The lowest BCUT2D eigenvalue weighted by Gasteiger charge is -2.35. The molecule has 1 aliphatic heterocycles. The summed E-state index contributed by atoms with van der Waals surface area (Å²) in [5, 5.41) is 5.64. The molecule has 0 bridgehead atoms. The Hall–Kier alpha value is -1.89. The molecule has 2 rings (SSSR count). The molecule has 1 aliphatic rings. The Labute approximate surface area is 169 Å². The first-order valence-corrected chi connectivity index (χ1v) is 10.1. The quantitative estimate of drug-likeness (QED) is 0.742. The van der Waals surface area contributed by atoms with E-state index in [1.165, 1.54) is 0 Å². The Morgan fingerprint density at radius 2 is 1.70 bits per heavy atom. The molecule has 27 heavy (non-hydrogen) atoms. The van der Waals surface area contributed by atoms with Gasteiger partial charge >= 0.3 is 0 Å². The van der Waals surface area contributed by atoms with Crippen molar-refractivity contribution in [2.45, 2.75) is 40.0 Å². The number of likely N-dealkylation sites (tertiary alicyclic amines) is 1. The molecule has 0 unspecified atom stereocenters. The van der Waals surface area contributed by atoms with Crippen molar-refractivity contribution in [3.05, 3.63) is 28.7 Å². The average Bonchev–Trinajstić information content (AvgIpc) is 2.62. The molecular weight excluding hydrogens is 410 g/mol. The van der Waals surface area contributed by atoms with Crippen molar-refractivity contribution < 1.29 is 14.4 Å². The van der Waals surface area contributed by atoms with Crippen LogP contribution in [0.4, 0.5) is 5.69 Å². The fourth-order valence-electron chi connectivity index (χ4n) is 3.02. The van der Waals surface area contributed by atoms with Crippen LogP contribution in [0.3, 0.4) is 0 Å². The summed E-state index contributed by atoms with van der Waals surface area (Å²) in [6.07, 6.45) is 1.56. The molecule has 7 heteroatoms. The molecule has 148 valence electrons. The Morgan fingerprint density at radius 1 is 1.11 bits per heavy atom. The summed E-state index contributed by atoms with van der Waals surface area (Å²) in [6.45, 7) is 7.26. The molecule has 0 saturated carbocycles. The number of benzene rings is 1. The highest BCUT2D eigenvalue weighted by atomic mass is 79.9. The molecule has 1 fully saturated rings. The number of nitrogens with zero attached hydrogens (tertiary/aromatic N) is 1. The first-order valence-electron chi connectivity index (χ1n) is 9.29. The summed E-state index contributed by atoms with van der Waals surface area (Å²) in [5.41, 5.74) is 0.336. The van der Waals surface area contributed by atoms with E-state index >= 15 is 0 Å². The zero-order valence-corrected chi connectivity index (χ0v) is 17.8. The number of carbonyl (C=O) groups excluding carboxylic acids is 3. The Morgan fingerprint density at radius 3 is 2.26 bits per heavy atom. The number of carbonyl (C=O) groups is 3. The van der Waals surface area contributed by atoms with Gasteiger partial charge in [-0.25, -0.2) is 0 Å². The monoisotopic (exact) mass is 437 g/mol. The van der Waals surface area contributed by atoms with E-state index in [2.05, 4.69) is 26.6 Å². The van der Waals surface area contributed by atoms with Gasteiger partial charge in [0.2, 0.25) is 17.7 Å². The predicted octanol–water partition coefficient (Wildman–Crippen LogP) is 3.18. The van der Waals surface area contributed by atoms with E-state index in [-0.39, 0.29) is 30.1 Å². The summed E-state index contributed by atoms with van der Waals surface area (Å²) in [6, 6.07) is 7.34. The molecule has 0 radical (unpaired) electrons. The maximum absolute atomic E-state index is 12.3. The first kappa shape index (κ1) is 21.4. The summed E-state index contributed by atoms with van der Waals surface area (Å²) >= 11 is 3.35. The zero-order chi connectivity index (χ0) is 20.0. The number of amides is 3. The lowest BCUT2D eigenvalue weighted by molar-refractivity contribution is -0.142. The second-order valence-electron chi connectivity index (χ2n) is 7.91. The number of anilines is 1. The standard InChI is InChI=1S/C20H28BrN3O3/c1-20(2,3)19(27)24-12-9-14(10-13-24)18(26)22-11-8-17(25)23-16-6-4-15(21)5-7-16/h4-7,14H,8-13H2,1-3H3,(H,22,26)(H,23,25). The number of nitrogens with one attached hydrogen (secondary N) is 2. The van der Waals surface area contributed by atoms with Crippen LogP contribution in [0.5, 0.6) is 0 Å². The lowest BCUT2D eigenvalue weighted by Crippen LogP contribution is -2.46. The number of hydrogen-bond donors (Lipinski definition) is 2. The molecule has 0 aliphatic carbocycles. The molecular formula is C20H28BrN3O3. The zero-order valence-electron chi connectivity index (χ0n) is 16.2. The molecule has 0 aromatic heterocycles. The maximum atomic E-state index is 12.3. The van der Waals surface area contributed by atoms with Gasteiger partial charge < -0.3 is 15.5 Å². The van der Waals surface area contributed by atoms with Crippen LogP contribution in [-0.2, 0) is 14.4 Å². The van der Waals surface area contributed by atoms with Crippen molar-refractivity contribution in [2.75, 3.05) is 25.0 Å². The largest absolute Gasteiger partial charge is 0.355 e. The van der Waals surface area contributed by atoms with Gasteiger partial charge in [-0.2, -0.15) is 0 Å². The van der Waals surface area contributed by atoms with E-state index in [0.29, 0.717) is 32.5 Å². The number of halogens is 1. The molecule has 2 N–H and O–H groups in total. The third-order valence-corrected chi connectivity index (χ3v) is 5.10. The van der Waals surface area contributed by atoms with Gasteiger partial charge in [-0.3, -0.25) is 14.4 Å². The van der Waals surface area contributed by atoms with Gasteiger partial charge in [0.1, 0.15) is 0 Å². The van der Waals surface area contributed by atoms with Crippen LogP contribution in [0.2, 0.25) is 0 Å². The molecule has 3 amide bonds. The van der Waals surface area contributed by atoms with Crippen molar-refractivity contribution >= 4 is 39.3 Å². The van der Waals surface area contributed by atoms with Crippen LogP contribution in [0.15, 0.2) is 28.7 Å². The van der Waals surface area contributed by atoms with Crippen LogP contribution in [0, 0.1) is 11.3 Å². The maximum Gasteiger partial charge on any atom is 0.227 e. The molecule has 1 aromatic rings. The summed E-state index contributed by atoms with van der Waals surface area (Å²) in [5.74, 6) is -0.132.